The van der Waals surface area contributed by atoms with Crippen LogP contribution in [0.5, 0.6) is 0 Å². The molecule has 1 N–H and O–H groups in total. The van der Waals surface area contributed by atoms with Gasteiger partial charge in [0.25, 0.3) is 0 Å². The highest BCUT2D eigenvalue weighted by Crippen LogP contribution is 2.26. The van der Waals surface area contributed by atoms with E-state index < -0.39 is 0 Å². The molecule has 6 heteroatoms. The molecule has 3 heterocycles. The van der Waals surface area contributed by atoms with Gasteiger partial charge in [-0.2, -0.15) is 0 Å². The van der Waals surface area contributed by atoms with Crippen LogP contribution in [0.3, 0.4) is 0 Å². The molecule has 0 amide bonds. The largest absolute Gasteiger partial charge is 0.309 e. The Bertz CT molecular complexity index is 679. The normalized spacial score (nSPS) is 18.9. The van der Waals surface area contributed by atoms with Crippen molar-refractivity contribution in [3.05, 3.63) is 35.0 Å². The zero-order chi connectivity index (χ0) is 16.4. The van der Waals surface area contributed by atoms with Gasteiger partial charge >= 0.3 is 0 Å². The van der Waals surface area contributed by atoms with Crippen molar-refractivity contribution < 1.29 is 0 Å². The second-order valence-electron chi connectivity index (χ2n) is 6.43. The lowest BCUT2D eigenvalue weighted by molar-refractivity contribution is 0.248. The summed E-state index contributed by atoms with van der Waals surface area (Å²) in [5.41, 5.74) is 3.00. The van der Waals surface area contributed by atoms with Gasteiger partial charge in [-0.15, -0.1) is 0 Å². The Kier molecular flexibility index (Phi) is 4.52. The van der Waals surface area contributed by atoms with E-state index in [4.69, 9.17) is 0 Å². The average molecular weight is 312 g/mol. The van der Waals surface area contributed by atoms with Crippen molar-refractivity contribution in [2.24, 2.45) is 0 Å². The highest BCUT2D eigenvalue weighted by molar-refractivity contribution is 5.49. The maximum Gasteiger partial charge on any atom is 0.228 e. The van der Waals surface area contributed by atoms with E-state index in [0.717, 1.165) is 35.3 Å². The summed E-state index contributed by atoms with van der Waals surface area (Å²) in [6.07, 6.45) is 2.40. The Labute approximate surface area is 137 Å². The van der Waals surface area contributed by atoms with Crippen LogP contribution in [0.1, 0.15) is 41.7 Å². The molecule has 0 bridgehead atoms. The Hall–Kier alpha value is -2.08. The number of piperidine rings is 1. The maximum atomic E-state index is 4.65. The molecule has 3 rings (SSSR count). The summed E-state index contributed by atoms with van der Waals surface area (Å²) in [4.78, 5) is 20.3. The molecule has 1 atom stereocenters. The molecular formula is C17H24N6. The van der Waals surface area contributed by atoms with E-state index in [1.165, 1.54) is 19.4 Å². The summed E-state index contributed by atoms with van der Waals surface area (Å²) < 4.78 is 0. The number of likely N-dealkylation sites (tertiary alicyclic amines) is 1. The summed E-state index contributed by atoms with van der Waals surface area (Å²) in [7, 11) is 2.17. The first-order chi connectivity index (χ1) is 11.0. The minimum absolute atomic E-state index is 0.469. The molecule has 1 saturated heterocycles. The first kappa shape index (κ1) is 15.8. The van der Waals surface area contributed by atoms with Crippen LogP contribution in [0, 0.1) is 20.8 Å². The third-order valence-corrected chi connectivity index (χ3v) is 4.12. The van der Waals surface area contributed by atoms with Crippen molar-refractivity contribution in [1.29, 1.82) is 0 Å². The van der Waals surface area contributed by atoms with Crippen LogP contribution in [0.15, 0.2) is 12.1 Å². The Morgan fingerprint density at radius 1 is 1.04 bits per heavy atom. The second kappa shape index (κ2) is 6.58. The highest BCUT2D eigenvalue weighted by Gasteiger charge is 2.21. The Morgan fingerprint density at radius 2 is 1.78 bits per heavy atom. The van der Waals surface area contributed by atoms with Crippen molar-refractivity contribution >= 4 is 11.8 Å². The van der Waals surface area contributed by atoms with E-state index in [-0.39, 0.29) is 0 Å². The minimum Gasteiger partial charge on any atom is -0.309 e. The molecule has 122 valence electrons. The topological polar surface area (TPSA) is 66.8 Å². The zero-order valence-electron chi connectivity index (χ0n) is 14.3. The van der Waals surface area contributed by atoms with Gasteiger partial charge in [-0.3, -0.25) is 0 Å². The van der Waals surface area contributed by atoms with E-state index in [2.05, 4.69) is 37.2 Å². The van der Waals surface area contributed by atoms with Crippen LogP contribution in [-0.4, -0.2) is 45.0 Å². The number of aryl methyl sites for hydroxylation is 3. The second-order valence-corrected chi connectivity index (χ2v) is 6.43. The lowest BCUT2D eigenvalue weighted by Crippen LogP contribution is -2.31. The number of hydrogen-bond acceptors (Lipinski definition) is 6. The molecule has 6 nitrogen and oxygen atoms in total. The maximum absolute atomic E-state index is 4.65. The molecule has 0 radical (unpaired) electrons. The molecule has 1 aliphatic rings. The summed E-state index contributed by atoms with van der Waals surface area (Å²) in [6, 6.07) is 4.00. The van der Waals surface area contributed by atoms with Gasteiger partial charge in [0.1, 0.15) is 11.6 Å². The smallest absolute Gasteiger partial charge is 0.228 e. The van der Waals surface area contributed by atoms with E-state index in [1.807, 2.05) is 32.9 Å². The summed E-state index contributed by atoms with van der Waals surface area (Å²) in [6.45, 7) is 8.09. The fourth-order valence-corrected chi connectivity index (χ4v) is 3.17. The molecule has 0 aromatic carbocycles. The molecule has 2 aromatic rings. The average Bonchev–Trinajstić information content (AvgIpc) is 2.45. The predicted molar refractivity (Wildman–Crippen MR) is 91.0 cm³/mol. The van der Waals surface area contributed by atoms with Crippen molar-refractivity contribution in [2.75, 3.05) is 25.5 Å². The lowest BCUT2D eigenvalue weighted by Gasteiger charge is -2.29. The number of nitrogens with one attached hydrogen (secondary N) is 1. The highest BCUT2D eigenvalue weighted by atomic mass is 15.2. The predicted octanol–water partition coefficient (Wildman–Crippen LogP) is 2.74. The van der Waals surface area contributed by atoms with Crippen LogP contribution in [0.4, 0.5) is 11.8 Å². The monoisotopic (exact) mass is 312 g/mol. The third kappa shape index (κ3) is 4.01. The van der Waals surface area contributed by atoms with Gasteiger partial charge in [0.15, 0.2) is 0 Å². The van der Waals surface area contributed by atoms with Gasteiger partial charge in [0.2, 0.25) is 5.95 Å². The molecule has 23 heavy (non-hydrogen) atoms. The number of rotatable bonds is 3. The van der Waals surface area contributed by atoms with Crippen molar-refractivity contribution in [2.45, 2.75) is 39.5 Å². The number of nitrogens with zero attached hydrogens (tertiary/aromatic N) is 5. The summed E-state index contributed by atoms with van der Waals surface area (Å²) in [5, 5.41) is 3.23. The molecular weight excluding hydrogens is 288 g/mol. The van der Waals surface area contributed by atoms with E-state index in [9.17, 15) is 0 Å². The molecule has 0 spiro atoms. The molecule has 0 unspecified atom stereocenters. The van der Waals surface area contributed by atoms with Crippen LogP contribution < -0.4 is 5.32 Å². The summed E-state index contributed by atoms with van der Waals surface area (Å²) in [5.74, 6) is 2.61. The van der Waals surface area contributed by atoms with E-state index in [1.54, 1.807) is 0 Å². The molecule has 2 aromatic heterocycles. The SMILES string of the molecule is Cc1cc(C)nc(Nc2cc([C@H]3CCCN(C)C3)nc(C)n2)n1. The van der Waals surface area contributed by atoms with Crippen LogP contribution in [0.25, 0.3) is 0 Å². The van der Waals surface area contributed by atoms with Crippen LogP contribution in [0.2, 0.25) is 0 Å². The van der Waals surface area contributed by atoms with Crippen LogP contribution in [-0.2, 0) is 0 Å². The zero-order valence-corrected chi connectivity index (χ0v) is 14.3. The van der Waals surface area contributed by atoms with E-state index in [0.29, 0.717) is 11.9 Å². The van der Waals surface area contributed by atoms with Gasteiger partial charge in [-0.05, 0) is 53.3 Å². The fourth-order valence-electron chi connectivity index (χ4n) is 3.17. The van der Waals surface area contributed by atoms with Crippen molar-refractivity contribution in [1.82, 2.24) is 24.8 Å². The number of likely N-dealkylation sites (N-methyl/N-ethyl adjacent to an activating group) is 1. The molecule has 1 fully saturated rings. The number of anilines is 2. The molecule has 0 saturated carbocycles. The first-order valence-electron chi connectivity index (χ1n) is 8.13. The minimum atomic E-state index is 0.469. The quantitative estimate of drug-likeness (QED) is 0.940. The molecule has 1 aliphatic heterocycles. The van der Waals surface area contributed by atoms with Gasteiger partial charge in [0, 0.05) is 29.9 Å². The number of aromatic nitrogens is 4. The third-order valence-electron chi connectivity index (χ3n) is 4.12. The van der Waals surface area contributed by atoms with Gasteiger partial charge < -0.3 is 10.2 Å². The standard InChI is InChI=1S/C17H24N6/c1-11-8-12(2)19-17(18-11)22-16-9-15(20-13(3)21-16)14-6-5-7-23(4)10-14/h8-9,14H,5-7,10H2,1-4H3,(H,18,19,20,21,22)/t14-/m0/s1. The van der Waals surface area contributed by atoms with Gasteiger partial charge in [-0.1, -0.05) is 0 Å². The Balaban J connectivity index is 1.85. The Morgan fingerprint density at radius 3 is 2.48 bits per heavy atom. The van der Waals surface area contributed by atoms with Crippen molar-refractivity contribution in [3.63, 3.8) is 0 Å². The van der Waals surface area contributed by atoms with Gasteiger partial charge in [-0.25, -0.2) is 19.9 Å². The van der Waals surface area contributed by atoms with Crippen LogP contribution >= 0.6 is 0 Å². The van der Waals surface area contributed by atoms with E-state index >= 15 is 0 Å². The summed E-state index contributed by atoms with van der Waals surface area (Å²) >= 11 is 0. The number of hydrogen-bond donors (Lipinski definition) is 1. The molecule has 0 aliphatic carbocycles. The first-order valence-corrected chi connectivity index (χ1v) is 8.13. The lowest BCUT2D eigenvalue weighted by atomic mass is 9.95. The van der Waals surface area contributed by atoms with Crippen molar-refractivity contribution in [3.8, 4) is 0 Å². The van der Waals surface area contributed by atoms with Gasteiger partial charge in [0.05, 0.1) is 5.69 Å². The fraction of sp³-hybridized carbons (Fsp3) is 0.529.